The van der Waals surface area contributed by atoms with Crippen molar-refractivity contribution in [2.75, 3.05) is 6.16 Å². The molecule has 2 aromatic carbocycles. The molecule has 0 unspecified atom stereocenters. The molecule has 0 spiro atoms. The van der Waals surface area contributed by atoms with Crippen molar-refractivity contribution in [3.8, 4) is 11.5 Å². The minimum atomic E-state index is -0.946. The van der Waals surface area contributed by atoms with Gasteiger partial charge in [0.05, 0.1) is 0 Å². The van der Waals surface area contributed by atoms with Crippen molar-refractivity contribution in [2.24, 2.45) is 5.92 Å². The molecule has 0 bridgehead atoms. The van der Waals surface area contributed by atoms with Gasteiger partial charge in [-0.15, -0.1) is 12.4 Å². The van der Waals surface area contributed by atoms with Gasteiger partial charge in [0.25, 0.3) is 8.38 Å². The van der Waals surface area contributed by atoms with Gasteiger partial charge >= 0.3 is 0 Å². The monoisotopic (exact) mass is 324 g/mol. The van der Waals surface area contributed by atoms with E-state index in [2.05, 4.69) is 13.8 Å². The Balaban J connectivity index is 0.00000220. The van der Waals surface area contributed by atoms with E-state index in [-0.39, 0.29) is 12.4 Å². The highest BCUT2D eigenvalue weighted by Gasteiger charge is 2.15. The average molecular weight is 325 g/mol. The smallest absolute Gasteiger partial charge is 0.290 e. The number of benzene rings is 2. The zero-order valence-corrected chi connectivity index (χ0v) is 14.1. The Morgan fingerprint density at radius 1 is 0.810 bits per heavy atom. The van der Waals surface area contributed by atoms with Gasteiger partial charge in [-0.1, -0.05) is 50.2 Å². The Morgan fingerprint density at radius 3 is 1.62 bits per heavy atom. The number of para-hydroxylation sites is 2. The molecule has 0 saturated heterocycles. The second kappa shape index (κ2) is 9.65. The lowest BCUT2D eigenvalue weighted by atomic mass is 10.2. The summed E-state index contributed by atoms with van der Waals surface area (Å²) in [6.07, 6.45) is 2.04. The quantitative estimate of drug-likeness (QED) is 0.588. The predicted octanol–water partition coefficient (Wildman–Crippen LogP) is 5.92. The van der Waals surface area contributed by atoms with E-state index in [1.54, 1.807) is 0 Å². The van der Waals surface area contributed by atoms with Crippen molar-refractivity contribution >= 4 is 20.8 Å². The molecule has 4 heteroatoms. The second-order valence-corrected chi connectivity index (χ2v) is 6.53. The van der Waals surface area contributed by atoms with E-state index in [1.807, 2.05) is 60.7 Å². The van der Waals surface area contributed by atoms with Crippen LogP contribution in [0.25, 0.3) is 0 Å². The van der Waals surface area contributed by atoms with Gasteiger partial charge in [-0.05, 0) is 36.6 Å². The van der Waals surface area contributed by atoms with E-state index in [9.17, 15) is 0 Å². The van der Waals surface area contributed by atoms with Crippen LogP contribution in [-0.2, 0) is 0 Å². The van der Waals surface area contributed by atoms with Crippen molar-refractivity contribution in [1.82, 2.24) is 0 Å². The summed E-state index contributed by atoms with van der Waals surface area (Å²) in [5, 5.41) is 0. The first-order chi connectivity index (χ1) is 9.74. The lowest BCUT2D eigenvalue weighted by Crippen LogP contribution is -2.02. The first kappa shape index (κ1) is 17.8. The molecule has 0 radical (unpaired) electrons. The number of rotatable bonds is 7. The summed E-state index contributed by atoms with van der Waals surface area (Å²) in [5.41, 5.74) is 0. The molecule has 0 saturated carbocycles. The molecule has 0 aliphatic rings. The predicted molar refractivity (Wildman–Crippen MR) is 92.6 cm³/mol. The Bertz CT molecular complexity index is 449. The van der Waals surface area contributed by atoms with Gasteiger partial charge in [-0.25, -0.2) is 0 Å². The highest BCUT2D eigenvalue weighted by atomic mass is 35.5. The zero-order chi connectivity index (χ0) is 14.2. The summed E-state index contributed by atoms with van der Waals surface area (Å²) in [4.78, 5) is 0. The van der Waals surface area contributed by atoms with Crippen LogP contribution in [0.1, 0.15) is 20.3 Å². The molecule has 0 fully saturated rings. The molecule has 0 heterocycles. The summed E-state index contributed by atoms with van der Waals surface area (Å²) >= 11 is 0. The van der Waals surface area contributed by atoms with Crippen LogP contribution in [0.4, 0.5) is 0 Å². The SMILES string of the molecule is CC(C)CCP(Oc1ccccc1)Oc1ccccc1.Cl. The maximum Gasteiger partial charge on any atom is 0.290 e. The Kier molecular flexibility index (Phi) is 8.19. The first-order valence-electron chi connectivity index (χ1n) is 6.97. The topological polar surface area (TPSA) is 18.5 Å². The lowest BCUT2D eigenvalue weighted by Gasteiger charge is -2.19. The molecule has 0 atom stereocenters. The summed E-state index contributed by atoms with van der Waals surface area (Å²) in [5.74, 6) is 2.40. The van der Waals surface area contributed by atoms with Gasteiger partial charge in [0, 0.05) is 6.16 Å². The molecule has 114 valence electrons. The fourth-order valence-corrected chi connectivity index (χ4v) is 3.33. The van der Waals surface area contributed by atoms with E-state index in [1.165, 1.54) is 0 Å². The van der Waals surface area contributed by atoms with E-state index < -0.39 is 8.38 Å². The van der Waals surface area contributed by atoms with Gasteiger partial charge in [-0.3, -0.25) is 0 Å². The molecule has 2 nitrogen and oxygen atoms in total. The maximum absolute atomic E-state index is 6.01. The fraction of sp³-hybridized carbons (Fsp3) is 0.294. The van der Waals surface area contributed by atoms with Crippen LogP contribution in [0.3, 0.4) is 0 Å². The molecular weight excluding hydrogens is 303 g/mol. The Morgan fingerprint density at radius 2 is 1.24 bits per heavy atom. The van der Waals surface area contributed by atoms with Crippen LogP contribution >= 0.6 is 20.8 Å². The lowest BCUT2D eigenvalue weighted by molar-refractivity contribution is 0.480. The van der Waals surface area contributed by atoms with E-state index in [0.29, 0.717) is 5.92 Å². The van der Waals surface area contributed by atoms with Crippen LogP contribution in [0.5, 0.6) is 11.5 Å². The molecule has 21 heavy (non-hydrogen) atoms. The minimum absolute atomic E-state index is 0. The Hall–Kier alpha value is -1.24. The van der Waals surface area contributed by atoms with Crippen LogP contribution in [0.2, 0.25) is 0 Å². The average Bonchev–Trinajstić information content (AvgIpc) is 2.47. The third kappa shape index (κ3) is 6.84. The molecule has 0 amide bonds. The van der Waals surface area contributed by atoms with Gasteiger partial charge < -0.3 is 9.05 Å². The molecule has 2 rings (SSSR count). The van der Waals surface area contributed by atoms with Gasteiger partial charge in [0.1, 0.15) is 11.5 Å². The van der Waals surface area contributed by atoms with Crippen LogP contribution < -0.4 is 9.05 Å². The van der Waals surface area contributed by atoms with Gasteiger partial charge in [-0.2, -0.15) is 0 Å². The van der Waals surface area contributed by atoms with Gasteiger partial charge in [0.2, 0.25) is 0 Å². The summed E-state index contributed by atoms with van der Waals surface area (Å²) in [7, 11) is -0.946. The highest BCUT2D eigenvalue weighted by molar-refractivity contribution is 7.48. The number of hydrogen-bond acceptors (Lipinski definition) is 2. The standard InChI is InChI=1S/C17H21O2P.ClH/c1-15(2)13-14-20(18-16-9-5-3-6-10-16)19-17-11-7-4-8-12-17;/h3-12,15H,13-14H2,1-2H3;1H. The molecule has 2 aromatic rings. The van der Waals surface area contributed by atoms with Crippen LogP contribution in [-0.4, -0.2) is 6.16 Å². The molecular formula is C17H22ClO2P. The molecule has 0 aromatic heterocycles. The Labute approximate surface area is 134 Å². The summed E-state index contributed by atoms with van der Waals surface area (Å²) < 4.78 is 12.0. The van der Waals surface area contributed by atoms with Crippen molar-refractivity contribution in [3.63, 3.8) is 0 Å². The van der Waals surface area contributed by atoms with E-state index in [0.717, 1.165) is 24.1 Å². The fourth-order valence-electron chi connectivity index (χ4n) is 1.67. The number of halogens is 1. The van der Waals surface area contributed by atoms with Crippen molar-refractivity contribution in [3.05, 3.63) is 60.7 Å². The van der Waals surface area contributed by atoms with Crippen LogP contribution in [0.15, 0.2) is 60.7 Å². The number of hydrogen-bond donors (Lipinski definition) is 0. The summed E-state index contributed by atoms with van der Waals surface area (Å²) in [6.45, 7) is 4.44. The van der Waals surface area contributed by atoms with Crippen molar-refractivity contribution < 1.29 is 9.05 Å². The third-order valence-corrected chi connectivity index (χ3v) is 4.24. The highest BCUT2D eigenvalue weighted by Crippen LogP contribution is 2.41. The second-order valence-electron chi connectivity index (χ2n) is 5.05. The van der Waals surface area contributed by atoms with E-state index in [4.69, 9.17) is 9.05 Å². The van der Waals surface area contributed by atoms with Crippen molar-refractivity contribution in [2.45, 2.75) is 20.3 Å². The molecule has 0 aliphatic heterocycles. The van der Waals surface area contributed by atoms with Crippen molar-refractivity contribution in [1.29, 1.82) is 0 Å². The minimum Gasteiger partial charge on any atom is -0.439 e. The third-order valence-electron chi connectivity index (χ3n) is 2.79. The maximum atomic E-state index is 6.01. The largest absolute Gasteiger partial charge is 0.439 e. The first-order valence-corrected chi connectivity index (χ1v) is 8.34. The van der Waals surface area contributed by atoms with Gasteiger partial charge in [0.15, 0.2) is 0 Å². The molecule has 0 aliphatic carbocycles. The normalized spacial score (nSPS) is 10.3. The van der Waals surface area contributed by atoms with Crippen LogP contribution in [0, 0.1) is 5.92 Å². The van der Waals surface area contributed by atoms with E-state index >= 15 is 0 Å². The zero-order valence-electron chi connectivity index (χ0n) is 12.4. The molecule has 0 N–H and O–H groups in total. The summed E-state index contributed by atoms with van der Waals surface area (Å²) in [6, 6.07) is 19.8.